The van der Waals surface area contributed by atoms with E-state index >= 15 is 0 Å². The van der Waals surface area contributed by atoms with Crippen LogP contribution in [0.2, 0.25) is 0 Å². The minimum atomic E-state index is 0.194. The van der Waals surface area contributed by atoms with Gasteiger partial charge in [-0.25, -0.2) is 0 Å². The zero-order valence-corrected chi connectivity index (χ0v) is 12.6. The number of carbonyl (C=O) groups excluding carboxylic acids is 1. The summed E-state index contributed by atoms with van der Waals surface area (Å²) in [5.41, 5.74) is 5.39. The highest BCUT2D eigenvalue weighted by atomic mass is 16.1. The molecular formula is C17H21N3O. The summed E-state index contributed by atoms with van der Waals surface area (Å²) in [4.78, 5) is 12.7. The molecule has 1 N–H and O–H groups in total. The van der Waals surface area contributed by atoms with Crippen molar-refractivity contribution in [2.24, 2.45) is 7.05 Å². The van der Waals surface area contributed by atoms with E-state index in [0.29, 0.717) is 6.42 Å². The van der Waals surface area contributed by atoms with Crippen molar-refractivity contribution in [3.8, 4) is 0 Å². The van der Waals surface area contributed by atoms with Crippen LogP contribution < -0.4 is 5.32 Å². The van der Waals surface area contributed by atoms with Gasteiger partial charge in [-0.3, -0.25) is 9.48 Å². The Morgan fingerprint density at radius 2 is 2.29 bits per heavy atom. The lowest BCUT2D eigenvalue weighted by molar-refractivity contribution is 0.0989. The molecule has 0 fully saturated rings. The van der Waals surface area contributed by atoms with E-state index in [1.54, 1.807) is 0 Å². The van der Waals surface area contributed by atoms with Crippen molar-refractivity contribution in [3.05, 3.63) is 52.3 Å². The number of benzene rings is 1. The minimum absolute atomic E-state index is 0.194. The molecule has 0 saturated heterocycles. The highest BCUT2D eigenvalue weighted by Crippen LogP contribution is 2.20. The van der Waals surface area contributed by atoms with Gasteiger partial charge in [-0.15, -0.1) is 0 Å². The first-order valence-corrected chi connectivity index (χ1v) is 7.55. The summed E-state index contributed by atoms with van der Waals surface area (Å²) in [5.74, 6) is 0.194. The lowest BCUT2D eigenvalue weighted by Gasteiger charge is -2.19. The van der Waals surface area contributed by atoms with E-state index in [0.717, 1.165) is 42.9 Å². The Labute approximate surface area is 125 Å². The fraction of sp³-hybridized carbons (Fsp3) is 0.412. The van der Waals surface area contributed by atoms with Gasteiger partial charge in [-0.2, -0.15) is 5.10 Å². The van der Waals surface area contributed by atoms with Crippen molar-refractivity contribution < 1.29 is 4.79 Å². The molecule has 21 heavy (non-hydrogen) atoms. The van der Waals surface area contributed by atoms with E-state index in [4.69, 9.17) is 0 Å². The van der Waals surface area contributed by atoms with Crippen LogP contribution in [0.25, 0.3) is 0 Å². The summed E-state index contributed by atoms with van der Waals surface area (Å²) in [6, 6.07) is 8.09. The van der Waals surface area contributed by atoms with Gasteiger partial charge < -0.3 is 5.32 Å². The molecule has 1 aliphatic heterocycles. The number of nitrogens with zero attached hydrogens (tertiary/aromatic N) is 2. The molecule has 0 amide bonds. The Morgan fingerprint density at radius 3 is 3.05 bits per heavy atom. The minimum Gasteiger partial charge on any atom is -0.312 e. The molecule has 4 nitrogen and oxygen atoms in total. The largest absolute Gasteiger partial charge is 0.312 e. The smallest absolute Gasteiger partial charge is 0.169 e. The first kappa shape index (κ1) is 14.0. The molecule has 1 aliphatic rings. The third-order valence-electron chi connectivity index (χ3n) is 4.17. The number of ketones is 1. The highest BCUT2D eigenvalue weighted by molar-refractivity contribution is 5.99. The van der Waals surface area contributed by atoms with E-state index in [2.05, 4.69) is 23.4 Å². The molecule has 3 rings (SSSR count). The molecule has 0 aliphatic carbocycles. The number of aromatic nitrogens is 2. The molecular weight excluding hydrogens is 262 g/mol. The monoisotopic (exact) mass is 283 g/mol. The SMILES string of the molecule is CCc1cc(CC(=O)c2cccc3c2CCNC3)n(C)n1. The van der Waals surface area contributed by atoms with E-state index in [1.165, 1.54) is 11.1 Å². The Morgan fingerprint density at radius 1 is 1.43 bits per heavy atom. The molecule has 0 saturated carbocycles. The number of fused-ring (bicyclic) bond motifs is 1. The van der Waals surface area contributed by atoms with Crippen molar-refractivity contribution in [1.82, 2.24) is 15.1 Å². The van der Waals surface area contributed by atoms with Crippen LogP contribution >= 0.6 is 0 Å². The highest BCUT2D eigenvalue weighted by Gasteiger charge is 2.18. The molecule has 4 heteroatoms. The average molecular weight is 283 g/mol. The standard InChI is InChI=1S/C17H21N3O/c1-3-13-9-14(20(2)19-13)10-17(21)16-6-4-5-12-11-18-8-7-15(12)16/h4-6,9,18H,3,7-8,10-11H2,1-2H3. The van der Waals surface area contributed by atoms with E-state index < -0.39 is 0 Å². The third kappa shape index (κ3) is 2.76. The van der Waals surface area contributed by atoms with Crippen LogP contribution in [0.1, 0.15) is 39.8 Å². The van der Waals surface area contributed by atoms with Crippen LogP contribution in [0, 0.1) is 0 Å². The van der Waals surface area contributed by atoms with Gasteiger partial charge in [0.25, 0.3) is 0 Å². The van der Waals surface area contributed by atoms with Gasteiger partial charge >= 0.3 is 0 Å². The normalized spacial score (nSPS) is 14.0. The lowest BCUT2D eigenvalue weighted by atomic mass is 9.92. The second-order valence-corrected chi connectivity index (χ2v) is 5.57. The zero-order valence-electron chi connectivity index (χ0n) is 12.6. The van der Waals surface area contributed by atoms with Crippen LogP contribution in [0.15, 0.2) is 24.3 Å². The second kappa shape index (κ2) is 5.82. The van der Waals surface area contributed by atoms with Crippen molar-refractivity contribution in [1.29, 1.82) is 0 Å². The second-order valence-electron chi connectivity index (χ2n) is 5.57. The summed E-state index contributed by atoms with van der Waals surface area (Å²) < 4.78 is 1.83. The summed E-state index contributed by atoms with van der Waals surface area (Å²) in [6.07, 6.45) is 2.25. The Hall–Kier alpha value is -1.94. The Balaban J connectivity index is 1.87. The Kier molecular flexibility index (Phi) is 3.88. The van der Waals surface area contributed by atoms with Crippen LogP contribution in [0.5, 0.6) is 0 Å². The van der Waals surface area contributed by atoms with Crippen molar-refractivity contribution >= 4 is 5.78 Å². The van der Waals surface area contributed by atoms with Gasteiger partial charge in [0.2, 0.25) is 0 Å². The molecule has 0 spiro atoms. The number of nitrogens with one attached hydrogen (secondary N) is 1. The van der Waals surface area contributed by atoms with E-state index in [-0.39, 0.29) is 5.78 Å². The number of carbonyl (C=O) groups is 1. The number of aryl methyl sites for hydroxylation is 2. The maximum Gasteiger partial charge on any atom is 0.169 e. The van der Waals surface area contributed by atoms with Gasteiger partial charge in [0.1, 0.15) is 0 Å². The molecule has 0 radical (unpaired) electrons. The zero-order chi connectivity index (χ0) is 14.8. The van der Waals surface area contributed by atoms with E-state index in [1.807, 2.05) is 29.9 Å². The molecule has 2 heterocycles. The number of Topliss-reactive ketones (excluding diaryl/α,β-unsaturated/α-hetero) is 1. The predicted octanol–water partition coefficient (Wildman–Crippen LogP) is 2.05. The number of hydrogen-bond donors (Lipinski definition) is 1. The first-order valence-electron chi connectivity index (χ1n) is 7.55. The summed E-state index contributed by atoms with van der Waals surface area (Å²) in [5, 5.41) is 7.77. The molecule has 1 aromatic heterocycles. The van der Waals surface area contributed by atoms with Gasteiger partial charge in [0, 0.05) is 24.8 Å². The van der Waals surface area contributed by atoms with Crippen LogP contribution in [0.4, 0.5) is 0 Å². The fourth-order valence-electron chi connectivity index (χ4n) is 2.96. The molecule has 1 aromatic carbocycles. The molecule has 0 unspecified atom stereocenters. The van der Waals surface area contributed by atoms with Crippen molar-refractivity contribution in [2.75, 3.05) is 6.54 Å². The summed E-state index contributed by atoms with van der Waals surface area (Å²) in [6.45, 7) is 3.89. The lowest BCUT2D eigenvalue weighted by Crippen LogP contribution is -2.25. The molecule has 0 atom stereocenters. The fourth-order valence-corrected chi connectivity index (χ4v) is 2.96. The van der Waals surface area contributed by atoms with Gasteiger partial charge in [0.15, 0.2) is 5.78 Å². The van der Waals surface area contributed by atoms with Crippen LogP contribution in [0.3, 0.4) is 0 Å². The molecule has 110 valence electrons. The number of hydrogen-bond acceptors (Lipinski definition) is 3. The Bertz CT molecular complexity index is 673. The third-order valence-corrected chi connectivity index (χ3v) is 4.17. The average Bonchev–Trinajstić information content (AvgIpc) is 2.87. The first-order chi connectivity index (χ1) is 10.2. The van der Waals surface area contributed by atoms with Gasteiger partial charge in [-0.1, -0.05) is 25.1 Å². The molecule has 0 bridgehead atoms. The van der Waals surface area contributed by atoms with Crippen molar-refractivity contribution in [3.63, 3.8) is 0 Å². The summed E-state index contributed by atoms with van der Waals surface area (Å²) in [7, 11) is 1.91. The topological polar surface area (TPSA) is 46.9 Å². The number of rotatable bonds is 4. The van der Waals surface area contributed by atoms with Crippen LogP contribution in [-0.2, 0) is 32.9 Å². The maximum absolute atomic E-state index is 12.7. The van der Waals surface area contributed by atoms with E-state index in [9.17, 15) is 4.79 Å². The van der Waals surface area contributed by atoms with Crippen LogP contribution in [-0.4, -0.2) is 22.1 Å². The van der Waals surface area contributed by atoms with Crippen molar-refractivity contribution in [2.45, 2.75) is 32.7 Å². The quantitative estimate of drug-likeness (QED) is 0.874. The predicted molar refractivity (Wildman–Crippen MR) is 82.5 cm³/mol. The van der Waals surface area contributed by atoms with Gasteiger partial charge in [-0.05, 0) is 36.6 Å². The van der Waals surface area contributed by atoms with Gasteiger partial charge in [0.05, 0.1) is 12.1 Å². The molecule has 2 aromatic rings. The summed E-state index contributed by atoms with van der Waals surface area (Å²) >= 11 is 0. The maximum atomic E-state index is 12.7.